The first-order valence-electron chi connectivity index (χ1n) is 5.36. The van der Waals surface area contributed by atoms with Gasteiger partial charge >= 0.3 is 0 Å². The molecule has 5 nitrogen and oxygen atoms in total. The third-order valence-corrected chi connectivity index (χ3v) is 4.11. The van der Waals surface area contributed by atoms with Crippen LogP contribution >= 0.6 is 0 Å². The molecule has 0 radical (unpaired) electrons. The maximum absolute atomic E-state index is 11.5. The molecule has 0 bridgehead atoms. The van der Waals surface area contributed by atoms with Crippen molar-refractivity contribution in [3.05, 3.63) is 0 Å². The van der Waals surface area contributed by atoms with E-state index in [1.165, 1.54) is 11.4 Å². The van der Waals surface area contributed by atoms with Crippen molar-refractivity contribution in [3.8, 4) is 0 Å². The molecule has 15 heavy (non-hydrogen) atoms. The maximum atomic E-state index is 11.5. The van der Waals surface area contributed by atoms with Gasteiger partial charge < -0.3 is 4.90 Å². The first-order valence-corrected chi connectivity index (χ1v) is 6.80. The molecular weight excluding hydrogens is 214 g/mol. The first-order chi connectivity index (χ1) is 6.95. The van der Waals surface area contributed by atoms with Crippen molar-refractivity contribution in [1.82, 2.24) is 13.9 Å². The van der Waals surface area contributed by atoms with Gasteiger partial charge in [-0.25, -0.2) is 4.72 Å². The molecule has 1 rings (SSSR count). The summed E-state index contributed by atoms with van der Waals surface area (Å²) in [6.07, 6.45) is 0. The molecule has 0 aromatic rings. The Labute approximate surface area is 92.6 Å². The molecule has 0 aromatic carbocycles. The SMILES string of the molecule is CNS(=O)(=O)N1CCN(CC(C)C)CC1. The summed E-state index contributed by atoms with van der Waals surface area (Å²) in [5.74, 6) is 0.637. The van der Waals surface area contributed by atoms with Crippen LogP contribution in [0.3, 0.4) is 0 Å². The second kappa shape index (κ2) is 5.25. The van der Waals surface area contributed by atoms with E-state index in [2.05, 4.69) is 23.5 Å². The lowest BCUT2D eigenvalue weighted by molar-refractivity contribution is 0.171. The van der Waals surface area contributed by atoms with Crippen LogP contribution in [0.15, 0.2) is 0 Å². The third-order valence-electron chi connectivity index (χ3n) is 2.55. The fraction of sp³-hybridized carbons (Fsp3) is 1.00. The molecule has 0 amide bonds. The van der Waals surface area contributed by atoms with Gasteiger partial charge in [0.1, 0.15) is 0 Å². The van der Waals surface area contributed by atoms with Crippen LogP contribution in [0.4, 0.5) is 0 Å². The first kappa shape index (κ1) is 12.9. The molecule has 0 aromatic heterocycles. The van der Waals surface area contributed by atoms with Crippen molar-refractivity contribution in [1.29, 1.82) is 0 Å². The standard InChI is InChI=1S/C9H21N3O2S/c1-9(2)8-11-4-6-12(7-5-11)15(13,14)10-3/h9-10H,4-8H2,1-3H3. The Morgan fingerprint density at radius 1 is 1.20 bits per heavy atom. The molecule has 0 aliphatic carbocycles. The summed E-state index contributed by atoms with van der Waals surface area (Å²) < 4.78 is 26.8. The summed E-state index contributed by atoms with van der Waals surface area (Å²) in [4.78, 5) is 2.31. The highest BCUT2D eigenvalue weighted by molar-refractivity contribution is 7.87. The Balaban J connectivity index is 2.43. The Morgan fingerprint density at radius 3 is 2.13 bits per heavy atom. The molecule has 90 valence electrons. The minimum atomic E-state index is -3.22. The molecule has 0 spiro atoms. The Morgan fingerprint density at radius 2 is 1.73 bits per heavy atom. The number of nitrogens with one attached hydrogen (secondary N) is 1. The molecule has 0 unspecified atom stereocenters. The van der Waals surface area contributed by atoms with Crippen LogP contribution in [-0.4, -0.2) is 57.4 Å². The predicted octanol–water partition coefficient (Wildman–Crippen LogP) is -0.276. The minimum Gasteiger partial charge on any atom is -0.300 e. The van der Waals surface area contributed by atoms with Crippen LogP contribution < -0.4 is 4.72 Å². The fourth-order valence-electron chi connectivity index (χ4n) is 1.80. The van der Waals surface area contributed by atoms with Gasteiger partial charge in [-0.15, -0.1) is 0 Å². The van der Waals surface area contributed by atoms with E-state index in [0.29, 0.717) is 19.0 Å². The van der Waals surface area contributed by atoms with Gasteiger partial charge in [-0.05, 0) is 5.92 Å². The topological polar surface area (TPSA) is 52.7 Å². The summed E-state index contributed by atoms with van der Waals surface area (Å²) in [7, 11) is -1.76. The zero-order chi connectivity index (χ0) is 11.5. The quantitative estimate of drug-likeness (QED) is 0.729. The Bertz CT molecular complexity index is 282. The molecule has 1 aliphatic heterocycles. The van der Waals surface area contributed by atoms with Crippen LogP contribution in [0.25, 0.3) is 0 Å². The number of rotatable bonds is 4. The van der Waals surface area contributed by atoms with Gasteiger partial charge in [0.05, 0.1) is 0 Å². The summed E-state index contributed by atoms with van der Waals surface area (Å²) in [6, 6.07) is 0. The van der Waals surface area contributed by atoms with E-state index in [-0.39, 0.29) is 0 Å². The Hall–Kier alpha value is -0.170. The molecule has 6 heteroatoms. The van der Waals surface area contributed by atoms with E-state index in [4.69, 9.17) is 0 Å². The second-order valence-corrected chi connectivity index (χ2v) is 6.18. The zero-order valence-electron chi connectivity index (χ0n) is 9.73. The molecular formula is C9H21N3O2S. The summed E-state index contributed by atoms with van der Waals surface area (Å²) in [5, 5.41) is 0. The molecule has 1 aliphatic rings. The van der Waals surface area contributed by atoms with Gasteiger partial charge in [0.25, 0.3) is 10.2 Å². The van der Waals surface area contributed by atoms with E-state index >= 15 is 0 Å². The van der Waals surface area contributed by atoms with E-state index in [9.17, 15) is 8.42 Å². The van der Waals surface area contributed by atoms with Gasteiger partial charge in [0.15, 0.2) is 0 Å². The monoisotopic (exact) mass is 235 g/mol. The second-order valence-electron chi connectivity index (χ2n) is 4.30. The van der Waals surface area contributed by atoms with Crippen molar-refractivity contribution in [2.24, 2.45) is 5.92 Å². The highest BCUT2D eigenvalue weighted by Crippen LogP contribution is 2.07. The molecule has 0 atom stereocenters. The predicted molar refractivity (Wildman–Crippen MR) is 60.8 cm³/mol. The van der Waals surface area contributed by atoms with Gasteiger partial charge in [0, 0.05) is 39.8 Å². The maximum Gasteiger partial charge on any atom is 0.279 e. The zero-order valence-corrected chi connectivity index (χ0v) is 10.5. The lowest BCUT2D eigenvalue weighted by Crippen LogP contribution is -2.51. The van der Waals surface area contributed by atoms with Crippen molar-refractivity contribution < 1.29 is 8.42 Å². The lowest BCUT2D eigenvalue weighted by atomic mass is 10.2. The van der Waals surface area contributed by atoms with E-state index in [1.54, 1.807) is 0 Å². The van der Waals surface area contributed by atoms with Crippen molar-refractivity contribution in [2.75, 3.05) is 39.8 Å². The Kier molecular flexibility index (Phi) is 4.51. The molecule has 0 saturated carbocycles. The van der Waals surface area contributed by atoms with Crippen molar-refractivity contribution in [3.63, 3.8) is 0 Å². The van der Waals surface area contributed by atoms with E-state index in [0.717, 1.165) is 19.6 Å². The number of hydrogen-bond acceptors (Lipinski definition) is 3. The molecule has 1 heterocycles. The summed E-state index contributed by atoms with van der Waals surface area (Å²) in [6.45, 7) is 8.25. The normalized spacial score (nSPS) is 21.1. The molecule has 1 saturated heterocycles. The van der Waals surface area contributed by atoms with Crippen molar-refractivity contribution >= 4 is 10.2 Å². The van der Waals surface area contributed by atoms with Crippen LogP contribution in [0.2, 0.25) is 0 Å². The third kappa shape index (κ3) is 3.71. The van der Waals surface area contributed by atoms with Crippen LogP contribution in [0.5, 0.6) is 0 Å². The summed E-state index contributed by atoms with van der Waals surface area (Å²) in [5.41, 5.74) is 0. The highest BCUT2D eigenvalue weighted by atomic mass is 32.2. The van der Waals surface area contributed by atoms with Crippen LogP contribution in [0.1, 0.15) is 13.8 Å². The average molecular weight is 235 g/mol. The van der Waals surface area contributed by atoms with Crippen LogP contribution in [-0.2, 0) is 10.2 Å². The van der Waals surface area contributed by atoms with Gasteiger partial charge in [-0.1, -0.05) is 13.8 Å². The minimum absolute atomic E-state index is 0.593. The number of nitrogens with zero attached hydrogens (tertiary/aromatic N) is 2. The van der Waals surface area contributed by atoms with Gasteiger partial charge in [0.2, 0.25) is 0 Å². The molecule has 1 fully saturated rings. The summed E-state index contributed by atoms with van der Waals surface area (Å²) >= 11 is 0. The fourth-order valence-corrected chi connectivity index (χ4v) is 2.70. The average Bonchev–Trinajstić information content (AvgIpc) is 2.18. The number of hydrogen-bond donors (Lipinski definition) is 1. The van der Waals surface area contributed by atoms with E-state index < -0.39 is 10.2 Å². The molecule has 1 N–H and O–H groups in total. The van der Waals surface area contributed by atoms with Gasteiger partial charge in [-0.2, -0.15) is 12.7 Å². The van der Waals surface area contributed by atoms with Gasteiger partial charge in [-0.3, -0.25) is 0 Å². The lowest BCUT2D eigenvalue weighted by Gasteiger charge is -2.34. The highest BCUT2D eigenvalue weighted by Gasteiger charge is 2.25. The largest absolute Gasteiger partial charge is 0.300 e. The van der Waals surface area contributed by atoms with Crippen molar-refractivity contribution in [2.45, 2.75) is 13.8 Å². The van der Waals surface area contributed by atoms with E-state index in [1.807, 2.05) is 0 Å². The smallest absolute Gasteiger partial charge is 0.279 e. The number of piperazine rings is 1. The van der Waals surface area contributed by atoms with Crippen LogP contribution in [0, 0.1) is 5.92 Å².